The Morgan fingerprint density at radius 2 is 0.550 bits per heavy atom. The average Bonchev–Trinajstić information content (AvgIpc) is 2.97. The molecule has 6 aromatic rings. The molecule has 0 saturated carbocycles. The van der Waals surface area contributed by atoms with E-state index < -0.39 is 0 Å². The summed E-state index contributed by atoms with van der Waals surface area (Å²) in [6, 6.07) is 48.1. The minimum Gasteiger partial charge on any atom is -0.308 e. The number of nitrogens with zero attached hydrogens (tertiary/aromatic N) is 2. The van der Waals surface area contributed by atoms with E-state index in [9.17, 15) is 0 Å². The zero-order valence-electron chi connectivity index (χ0n) is 23.6. The summed E-state index contributed by atoms with van der Waals surface area (Å²) in [6.45, 7) is 8.78. The van der Waals surface area contributed by atoms with Crippen LogP contribution in [0, 0.1) is 27.7 Å². The van der Waals surface area contributed by atoms with Gasteiger partial charge >= 0.3 is 0 Å². The normalized spacial score (nSPS) is 11.0. The lowest BCUT2D eigenvalue weighted by Gasteiger charge is -2.35. The van der Waals surface area contributed by atoms with E-state index in [1.165, 1.54) is 55.8 Å². The van der Waals surface area contributed by atoms with Gasteiger partial charge in [0.25, 0.3) is 0 Å². The Kier molecular flexibility index (Phi) is 6.84. The fourth-order valence-electron chi connectivity index (χ4n) is 5.61. The molecule has 40 heavy (non-hydrogen) atoms. The maximum Gasteiger partial charge on any atom is 0.0709 e. The van der Waals surface area contributed by atoms with Crippen LogP contribution in [0.15, 0.2) is 133 Å². The van der Waals surface area contributed by atoms with Gasteiger partial charge in [-0.2, -0.15) is 0 Å². The fraction of sp³-hybridized carbons (Fsp3) is 0.105. The monoisotopic (exact) mass is 518 g/mol. The molecule has 0 spiro atoms. The number of hydrogen-bond donors (Lipinski definition) is 0. The molecular formula is C38H34N2. The average molecular weight is 519 g/mol. The number of fused-ring (bicyclic) bond motifs is 1. The Labute approximate surface area is 237 Å². The molecule has 2 heteroatoms. The summed E-state index contributed by atoms with van der Waals surface area (Å²) in [5.74, 6) is 0. The lowest BCUT2D eigenvalue weighted by Crippen LogP contribution is -2.19. The smallest absolute Gasteiger partial charge is 0.0709 e. The second-order valence-corrected chi connectivity index (χ2v) is 10.5. The molecule has 0 fully saturated rings. The summed E-state index contributed by atoms with van der Waals surface area (Å²) in [4.78, 5) is 4.88. The molecule has 0 aliphatic rings. The van der Waals surface area contributed by atoms with Crippen molar-refractivity contribution in [3.8, 4) is 0 Å². The van der Waals surface area contributed by atoms with Crippen LogP contribution >= 0.6 is 0 Å². The second-order valence-electron chi connectivity index (χ2n) is 10.5. The van der Waals surface area contributed by atoms with E-state index in [4.69, 9.17) is 0 Å². The molecule has 0 aliphatic heterocycles. The van der Waals surface area contributed by atoms with Crippen molar-refractivity contribution < 1.29 is 0 Å². The first-order valence-electron chi connectivity index (χ1n) is 13.9. The third-order valence-electron chi connectivity index (χ3n) is 7.75. The Morgan fingerprint density at radius 3 is 0.825 bits per heavy atom. The van der Waals surface area contributed by atoms with E-state index in [2.05, 4.69) is 171 Å². The Balaban J connectivity index is 1.75. The topological polar surface area (TPSA) is 6.48 Å². The molecule has 0 aromatic heterocycles. The van der Waals surface area contributed by atoms with Crippen LogP contribution in [0.5, 0.6) is 0 Å². The number of anilines is 6. The van der Waals surface area contributed by atoms with Crippen molar-refractivity contribution in [2.24, 2.45) is 0 Å². The van der Waals surface area contributed by atoms with Gasteiger partial charge in [-0.05, 0) is 97.1 Å². The standard InChI is InChI=1S/C38H34N2/c1-27-15-5-11-21-33(27)39(34-22-12-6-16-28(34)2)37-25-31-19-9-10-20-32(31)26-38(37)40(35-23-13-7-17-29(35)3)36-24-14-8-18-30(36)4/h5-26H,1-4H3. The van der Waals surface area contributed by atoms with E-state index >= 15 is 0 Å². The molecule has 0 radical (unpaired) electrons. The molecule has 0 unspecified atom stereocenters. The predicted octanol–water partition coefficient (Wildman–Crippen LogP) is 11.0. The number of rotatable bonds is 6. The summed E-state index contributed by atoms with van der Waals surface area (Å²) >= 11 is 0. The van der Waals surface area contributed by atoms with Crippen LogP contribution in [0.25, 0.3) is 10.8 Å². The van der Waals surface area contributed by atoms with Gasteiger partial charge in [0.1, 0.15) is 0 Å². The minimum atomic E-state index is 1.13. The van der Waals surface area contributed by atoms with Gasteiger partial charge in [-0.3, -0.25) is 0 Å². The summed E-state index contributed by atoms with van der Waals surface area (Å²) in [6.07, 6.45) is 0. The van der Waals surface area contributed by atoms with Gasteiger partial charge in [0.2, 0.25) is 0 Å². The quantitative estimate of drug-likeness (QED) is 0.216. The molecule has 2 nitrogen and oxygen atoms in total. The number of aryl methyl sites for hydroxylation is 4. The van der Waals surface area contributed by atoms with Crippen molar-refractivity contribution in [2.75, 3.05) is 9.80 Å². The van der Waals surface area contributed by atoms with Crippen LogP contribution < -0.4 is 9.80 Å². The van der Waals surface area contributed by atoms with Gasteiger partial charge in [0.15, 0.2) is 0 Å². The van der Waals surface area contributed by atoms with Crippen LogP contribution in [0.4, 0.5) is 34.1 Å². The van der Waals surface area contributed by atoms with Crippen molar-refractivity contribution in [2.45, 2.75) is 27.7 Å². The number of para-hydroxylation sites is 4. The minimum absolute atomic E-state index is 1.13. The SMILES string of the molecule is Cc1ccccc1N(c1ccccc1C)c1cc2ccccc2cc1N(c1ccccc1C)c1ccccc1C. The summed E-state index contributed by atoms with van der Waals surface area (Å²) in [7, 11) is 0. The van der Waals surface area contributed by atoms with Crippen LogP contribution in [-0.4, -0.2) is 0 Å². The van der Waals surface area contributed by atoms with Crippen LogP contribution in [-0.2, 0) is 0 Å². The predicted molar refractivity (Wildman–Crippen MR) is 172 cm³/mol. The highest BCUT2D eigenvalue weighted by molar-refractivity contribution is 6.01. The highest BCUT2D eigenvalue weighted by atomic mass is 15.2. The fourth-order valence-corrected chi connectivity index (χ4v) is 5.61. The van der Waals surface area contributed by atoms with Gasteiger partial charge in [-0.25, -0.2) is 0 Å². The second kappa shape index (κ2) is 10.7. The van der Waals surface area contributed by atoms with Crippen LogP contribution in [0.3, 0.4) is 0 Å². The lowest BCUT2D eigenvalue weighted by atomic mass is 10.0. The number of benzene rings is 6. The van der Waals surface area contributed by atoms with Gasteiger partial charge in [0, 0.05) is 22.7 Å². The third kappa shape index (κ3) is 4.63. The van der Waals surface area contributed by atoms with E-state index in [1.807, 2.05) is 0 Å². The van der Waals surface area contributed by atoms with Gasteiger partial charge in [0.05, 0.1) is 11.4 Å². The van der Waals surface area contributed by atoms with Crippen LogP contribution in [0.2, 0.25) is 0 Å². The number of hydrogen-bond acceptors (Lipinski definition) is 2. The van der Waals surface area contributed by atoms with Crippen molar-refractivity contribution in [3.05, 3.63) is 156 Å². The van der Waals surface area contributed by atoms with Crippen molar-refractivity contribution in [3.63, 3.8) is 0 Å². The molecule has 0 aliphatic carbocycles. The molecule has 0 atom stereocenters. The summed E-state index contributed by atoms with van der Waals surface area (Å²) in [5.41, 5.74) is 11.8. The van der Waals surface area contributed by atoms with Crippen molar-refractivity contribution in [1.82, 2.24) is 0 Å². The molecule has 0 bridgehead atoms. The first kappa shape index (κ1) is 25.5. The van der Waals surface area contributed by atoms with E-state index in [0.29, 0.717) is 0 Å². The lowest BCUT2D eigenvalue weighted by molar-refractivity contribution is 1.18. The summed E-state index contributed by atoms with van der Waals surface area (Å²) in [5, 5.41) is 2.42. The molecule has 6 rings (SSSR count). The first-order valence-corrected chi connectivity index (χ1v) is 13.9. The zero-order chi connectivity index (χ0) is 27.6. The van der Waals surface area contributed by atoms with E-state index in [1.54, 1.807) is 0 Å². The highest BCUT2D eigenvalue weighted by Gasteiger charge is 2.25. The molecule has 196 valence electrons. The van der Waals surface area contributed by atoms with Crippen molar-refractivity contribution >= 4 is 44.9 Å². The van der Waals surface area contributed by atoms with Gasteiger partial charge in [-0.1, -0.05) is 97.1 Å². The maximum atomic E-state index is 2.44. The molecule has 6 aromatic carbocycles. The molecule has 0 saturated heterocycles. The van der Waals surface area contributed by atoms with E-state index in [0.717, 1.165) is 11.4 Å². The Morgan fingerprint density at radius 1 is 0.300 bits per heavy atom. The molecule has 0 heterocycles. The van der Waals surface area contributed by atoms with Crippen LogP contribution in [0.1, 0.15) is 22.3 Å². The first-order chi connectivity index (χ1) is 19.5. The van der Waals surface area contributed by atoms with Gasteiger partial charge in [-0.15, -0.1) is 0 Å². The summed E-state index contributed by atoms with van der Waals surface area (Å²) < 4.78 is 0. The highest BCUT2D eigenvalue weighted by Crippen LogP contribution is 2.49. The molecule has 0 N–H and O–H groups in total. The molecular weight excluding hydrogens is 484 g/mol. The largest absolute Gasteiger partial charge is 0.308 e. The zero-order valence-corrected chi connectivity index (χ0v) is 23.6. The third-order valence-corrected chi connectivity index (χ3v) is 7.75. The maximum absolute atomic E-state index is 2.44. The van der Waals surface area contributed by atoms with E-state index in [-0.39, 0.29) is 0 Å². The Bertz CT molecular complexity index is 1590. The van der Waals surface area contributed by atoms with Crippen molar-refractivity contribution in [1.29, 1.82) is 0 Å². The van der Waals surface area contributed by atoms with Gasteiger partial charge < -0.3 is 9.80 Å². The molecule has 0 amide bonds. The Hall–Kier alpha value is -4.82.